The van der Waals surface area contributed by atoms with E-state index in [-0.39, 0.29) is 18.8 Å². The molecule has 0 saturated heterocycles. The monoisotopic (exact) mass is 365 g/mol. The number of aromatic nitrogens is 1. The Morgan fingerprint density at radius 1 is 1.00 bits per heavy atom. The third kappa shape index (κ3) is 4.74. The quantitative estimate of drug-likeness (QED) is 0.506. The molecule has 0 aliphatic carbocycles. The van der Waals surface area contributed by atoms with E-state index < -0.39 is 11.4 Å². The van der Waals surface area contributed by atoms with Crippen molar-refractivity contribution in [1.82, 2.24) is 4.98 Å². The number of benzene rings is 1. The second kappa shape index (κ2) is 9.79. The Morgan fingerprint density at radius 3 is 2.19 bits per heavy atom. The lowest BCUT2D eigenvalue weighted by Gasteiger charge is -2.14. The summed E-state index contributed by atoms with van der Waals surface area (Å²) in [5, 5.41) is 0.307. The molecule has 0 unspecified atom stereocenters. The van der Waals surface area contributed by atoms with Crippen LogP contribution in [0.3, 0.4) is 0 Å². The molecular weight excluding hydrogens is 342 g/mol. The summed E-state index contributed by atoms with van der Waals surface area (Å²) in [5.41, 5.74) is 0.0297. The van der Waals surface area contributed by atoms with Gasteiger partial charge < -0.3 is 28.7 Å². The Balaban J connectivity index is 2.44. The zero-order valence-electron chi connectivity index (χ0n) is 15.1. The first-order chi connectivity index (χ1) is 12.6. The van der Waals surface area contributed by atoms with Crippen molar-refractivity contribution in [2.24, 2.45) is 0 Å². The highest BCUT2D eigenvalue weighted by atomic mass is 16.5. The standard InChI is InChI=1S/C18H23NO7/c1-4-24-18(21)13-11-19-14-10-16(26-8-6-23-3)15(25-7-5-22-2)9-12(14)17(13)20/h9-11H,4-8H2,1-3H3,(H,19,20). The van der Waals surface area contributed by atoms with Crippen molar-refractivity contribution in [3.8, 4) is 11.5 Å². The van der Waals surface area contributed by atoms with Crippen LogP contribution in [0.2, 0.25) is 0 Å². The molecule has 1 N–H and O–H groups in total. The summed E-state index contributed by atoms with van der Waals surface area (Å²) in [7, 11) is 3.14. The first-order valence-electron chi connectivity index (χ1n) is 8.22. The molecule has 0 fully saturated rings. The van der Waals surface area contributed by atoms with Gasteiger partial charge in [-0.15, -0.1) is 0 Å². The maximum absolute atomic E-state index is 12.6. The number of esters is 1. The first-order valence-corrected chi connectivity index (χ1v) is 8.22. The Bertz CT molecular complexity index is 800. The minimum atomic E-state index is -0.669. The van der Waals surface area contributed by atoms with Gasteiger partial charge in [0.15, 0.2) is 11.5 Å². The van der Waals surface area contributed by atoms with Crippen LogP contribution in [0.4, 0.5) is 0 Å². The molecule has 1 aromatic carbocycles. The van der Waals surface area contributed by atoms with E-state index in [1.54, 1.807) is 33.3 Å². The minimum Gasteiger partial charge on any atom is -0.487 e. The molecule has 0 amide bonds. The van der Waals surface area contributed by atoms with Crippen molar-refractivity contribution in [3.05, 3.63) is 34.1 Å². The molecule has 1 heterocycles. The molecular formula is C18H23NO7. The van der Waals surface area contributed by atoms with E-state index in [0.717, 1.165) is 0 Å². The van der Waals surface area contributed by atoms with Crippen molar-refractivity contribution in [2.45, 2.75) is 6.92 Å². The lowest BCUT2D eigenvalue weighted by molar-refractivity contribution is 0.0524. The number of fused-ring (bicyclic) bond motifs is 1. The van der Waals surface area contributed by atoms with Gasteiger partial charge in [0, 0.05) is 26.5 Å². The van der Waals surface area contributed by atoms with Gasteiger partial charge in [-0.2, -0.15) is 0 Å². The average Bonchev–Trinajstić information content (AvgIpc) is 2.63. The van der Waals surface area contributed by atoms with E-state index in [1.807, 2.05) is 0 Å². The fourth-order valence-electron chi connectivity index (χ4n) is 2.28. The van der Waals surface area contributed by atoms with Crippen LogP contribution in [0.5, 0.6) is 11.5 Å². The van der Waals surface area contributed by atoms with Crippen LogP contribution in [0, 0.1) is 0 Å². The number of hydrogen-bond acceptors (Lipinski definition) is 7. The van der Waals surface area contributed by atoms with Crippen molar-refractivity contribution < 1.29 is 28.5 Å². The van der Waals surface area contributed by atoms with Gasteiger partial charge in [0.1, 0.15) is 18.8 Å². The molecule has 1 aromatic heterocycles. The Morgan fingerprint density at radius 2 is 1.62 bits per heavy atom. The Labute approximate surface area is 151 Å². The number of aromatic amines is 1. The van der Waals surface area contributed by atoms with Crippen LogP contribution >= 0.6 is 0 Å². The molecule has 8 nitrogen and oxygen atoms in total. The van der Waals surface area contributed by atoms with E-state index >= 15 is 0 Å². The fourth-order valence-corrected chi connectivity index (χ4v) is 2.28. The van der Waals surface area contributed by atoms with Crippen molar-refractivity contribution in [1.29, 1.82) is 0 Å². The number of nitrogens with one attached hydrogen (secondary N) is 1. The summed E-state index contributed by atoms with van der Waals surface area (Å²) >= 11 is 0. The smallest absolute Gasteiger partial charge is 0.343 e. The maximum atomic E-state index is 12.6. The summed E-state index contributed by atoms with van der Waals surface area (Å²) in [6.07, 6.45) is 1.34. The van der Waals surface area contributed by atoms with E-state index in [0.29, 0.717) is 42.2 Å². The molecule has 26 heavy (non-hydrogen) atoms. The third-order valence-corrected chi connectivity index (χ3v) is 3.53. The summed E-state index contributed by atoms with van der Waals surface area (Å²) in [5.74, 6) is 0.181. The fraction of sp³-hybridized carbons (Fsp3) is 0.444. The third-order valence-electron chi connectivity index (χ3n) is 3.53. The summed E-state index contributed by atoms with van der Waals surface area (Å²) < 4.78 is 26.2. The van der Waals surface area contributed by atoms with Crippen LogP contribution in [-0.4, -0.2) is 58.2 Å². The predicted octanol–water partition coefficient (Wildman–Crippen LogP) is 1.76. The molecule has 8 heteroatoms. The number of carbonyl (C=O) groups is 1. The maximum Gasteiger partial charge on any atom is 0.343 e. The van der Waals surface area contributed by atoms with Crippen LogP contribution in [0.1, 0.15) is 17.3 Å². The van der Waals surface area contributed by atoms with Crippen LogP contribution in [-0.2, 0) is 14.2 Å². The minimum absolute atomic E-state index is 0.0600. The lowest BCUT2D eigenvalue weighted by Crippen LogP contribution is -2.18. The van der Waals surface area contributed by atoms with Crippen LogP contribution in [0.15, 0.2) is 23.1 Å². The van der Waals surface area contributed by atoms with Gasteiger partial charge in [0.25, 0.3) is 0 Å². The number of carbonyl (C=O) groups excluding carboxylic acids is 1. The van der Waals surface area contributed by atoms with Gasteiger partial charge in [-0.05, 0) is 13.0 Å². The second-order valence-corrected chi connectivity index (χ2v) is 5.28. The molecule has 0 saturated carbocycles. The van der Waals surface area contributed by atoms with E-state index in [1.165, 1.54) is 6.20 Å². The highest BCUT2D eigenvalue weighted by Crippen LogP contribution is 2.31. The van der Waals surface area contributed by atoms with Gasteiger partial charge in [-0.25, -0.2) is 4.79 Å². The number of pyridine rings is 1. The average molecular weight is 365 g/mol. The first kappa shape index (κ1) is 19.7. The number of methoxy groups -OCH3 is 2. The molecule has 2 aromatic rings. The molecule has 0 bridgehead atoms. The molecule has 142 valence electrons. The second-order valence-electron chi connectivity index (χ2n) is 5.28. The summed E-state index contributed by atoms with van der Waals surface area (Å²) in [6.45, 7) is 3.28. The molecule has 0 spiro atoms. The highest BCUT2D eigenvalue weighted by Gasteiger charge is 2.17. The number of hydrogen-bond donors (Lipinski definition) is 1. The van der Waals surface area contributed by atoms with E-state index in [4.69, 9.17) is 23.7 Å². The number of ether oxygens (including phenoxy) is 5. The SMILES string of the molecule is CCOC(=O)c1c[nH]c2cc(OCCOC)c(OCCOC)cc2c1=O. The molecule has 0 aliphatic rings. The van der Waals surface area contributed by atoms with Crippen LogP contribution in [0.25, 0.3) is 10.9 Å². The molecule has 0 aliphatic heterocycles. The van der Waals surface area contributed by atoms with Crippen molar-refractivity contribution in [3.63, 3.8) is 0 Å². The predicted molar refractivity (Wildman–Crippen MR) is 95.3 cm³/mol. The molecule has 0 radical (unpaired) electrons. The highest BCUT2D eigenvalue weighted by molar-refractivity contribution is 5.94. The van der Waals surface area contributed by atoms with Crippen molar-refractivity contribution in [2.75, 3.05) is 47.3 Å². The molecule has 2 rings (SSSR count). The summed E-state index contributed by atoms with van der Waals surface area (Å²) in [4.78, 5) is 27.5. The van der Waals surface area contributed by atoms with E-state index in [9.17, 15) is 9.59 Å². The Kier molecular flexibility index (Phi) is 7.43. The zero-order chi connectivity index (χ0) is 18.9. The lowest BCUT2D eigenvalue weighted by atomic mass is 10.1. The van der Waals surface area contributed by atoms with Crippen molar-refractivity contribution >= 4 is 16.9 Å². The van der Waals surface area contributed by atoms with Gasteiger partial charge in [-0.1, -0.05) is 0 Å². The zero-order valence-corrected chi connectivity index (χ0v) is 15.1. The number of H-pyrrole nitrogens is 1. The number of rotatable bonds is 10. The van der Waals surface area contributed by atoms with Gasteiger partial charge in [0.05, 0.1) is 30.7 Å². The Hall–Kier alpha value is -2.58. The topological polar surface area (TPSA) is 96.1 Å². The summed E-state index contributed by atoms with van der Waals surface area (Å²) in [6, 6.07) is 3.21. The largest absolute Gasteiger partial charge is 0.487 e. The van der Waals surface area contributed by atoms with Crippen LogP contribution < -0.4 is 14.9 Å². The van der Waals surface area contributed by atoms with Gasteiger partial charge >= 0.3 is 5.97 Å². The van der Waals surface area contributed by atoms with Gasteiger partial charge in [0.2, 0.25) is 5.43 Å². The van der Waals surface area contributed by atoms with E-state index in [2.05, 4.69) is 4.98 Å². The molecule has 0 atom stereocenters. The van der Waals surface area contributed by atoms with Gasteiger partial charge in [-0.3, -0.25) is 4.79 Å². The normalized spacial score (nSPS) is 10.7.